The molecule has 0 saturated carbocycles. The van der Waals surface area contributed by atoms with Crippen LogP contribution in [0.5, 0.6) is 0 Å². The first-order valence-electron chi connectivity index (χ1n) is 12.1. The molecule has 0 bridgehead atoms. The van der Waals surface area contributed by atoms with Crippen LogP contribution < -0.4 is 5.73 Å². The number of phosphoric acid groups is 1. The normalized spacial score (nSPS) is 12.5. The Morgan fingerprint density at radius 3 is 1.55 bits per heavy atom. The molecule has 9 heteroatoms. The van der Waals surface area contributed by atoms with Crippen molar-refractivity contribution in [1.29, 1.82) is 0 Å². The highest BCUT2D eigenvalue weighted by Crippen LogP contribution is 2.25. The number of ether oxygens (including phenoxy) is 1. The number of hydrogen-bond acceptors (Lipinski definition) is 5. The molecular weight excluding hydrogens is 437 g/mol. The highest BCUT2D eigenvalue weighted by molar-refractivity contribution is 7.99. The average molecular weight is 488 g/mol. The first-order valence-corrected chi connectivity index (χ1v) is 14.9. The second kappa shape index (κ2) is 26.6. The first-order chi connectivity index (χ1) is 14.8. The van der Waals surface area contributed by atoms with Gasteiger partial charge in [-0.15, -0.1) is 0 Å². The standard InChI is InChI=1S/C22H47NO2S.H3O4P/c1-2-3-4-5-6-7-8-9-10-11-12-13-14-15-16-19-26-21-22(20-24)25-18-17-23;1-5(2,3)4/h22,24H,2-21,23H2,1H3;(H3,1,2,3,4). The summed E-state index contributed by atoms with van der Waals surface area (Å²) in [6.45, 7) is 3.46. The molecule has 0 rings (SSSR count). The van der Waals surface area contributed by atoms with Gasteiger partial charge in [-0.05, 0) is 12.2 Å². The van der Waals surface area contributed by atoms with Crippen molar-refractivity contribution in [3.63, 3.8) is 0 Å². The van der Waals surface area contributed by atoms with Crippen molar-refractivity contribution in [2.45, 2.75) is 109 Å². The number of hydrogen-bond donors (Lipinski definition) is 5. The third-order valence-corrected chi connectivity index (χ3v) is 6.06. The summed E-state index contributed by atoms with van der Waals surface area (Å²) in [5.41, 5.74) is 5.41. The van der Waals surface area contributed by atoms with Crippen molar-refractivity contribution in [1.82, 2.24) is 0 Å². The first kappa shape index (κ1) is 33.5. The minimum absolute atomic E-state index is 0.0418. The van der Waals surface area contributed by atoms with Crippen LogP contribution in [0.15, 0.2) is 0 Å². The van der Waals surface area contributed by atoms with Crippen LogP contribution in [0.2, 0.25) is 0 Å². The van der Waals surface area contributed by atoms with Crippen LogP contribution in [-0.4, -0.2) is 57.2 Å². The van der Waals surface area contributed by atoms with Gasteiger partial charge in [0, 0.05) is 12.3 Å². The molecule has 0 radical (unpaired) electrons. The molecule has 0 aromatic carbocycles. The fourth-order valence-electron chi connectivity index (χ4n) is 3.18. The zero-order chi connectivity index (χ0) is 23.6. The van der Waals surface area contributed by atoms with E-state index in [9.17, 15) is 5.11 Å². The van der Waals surface area contributed by atoms with Gasteiger partial charge in [0.1, 0.15) is 0 Å². The Labute approximate surface area is 195 Å². The molecule has 0 aromatic rings. The number of rotatable bonds is 22. The van der Waals surface area contributed by atoms with E-state index in [0.717, 1.165) is 5.75 Å². The summed E-state index contributed by atoms with van der Waals surface area (Å²) in [5, 5.41) is 9.21. The predicted molar refractivity (Wildman–Crippen MR) is 132 cm³/mol. The molecular formula is C22H50NO6PS. The van der Waals surface area contributed by atoms with Crippen molar-refractivity contribution in [3.8, 4) is 0 Å². The molecule has 0 spiro atoms. The summed E-state index contributed by atoms with van der Waals surface area (Å²) in [6.07, 6.45) is 21.1. The van der Waals surface area contributed by atoms with Crippen molar-refractivity contribution in [3.05, 3.63) is 0 Å². The van der Waals surface area contributed by atoms with Gasteiger partial charge in [0.15, 0.2) is 0 Å². The van der Waals surface area contributed by atoms with E-state index in [4.69, 9.17) is 29.7 Å². The number of aliphatic hydroxyl groups excluding tert-OH is 1. The Morgan fingerprint density at radius 1 is 0.806 bits per heavy atom. The minimum Gasteiger partial charge on any atom is -0.394 e. The van der Waals surface area contributed by atoms with E-state index in [1.165, 1.54) is 102 Å². The van der Waals surface area contributed by atoms with Crippen LogP contribution in [0.3, 0.4) is 0 Å². The van der Waals surface area contributed by atoms with Gasteiger partial charge in [-0.3, -0.25) is 0 Å². The molecule has 0 fully saturated rings. The number of aliphatic hydroxyl groups is 1. The number of nitrogens with two attached hydrogens (primary N) is 1. The maximum Gasteiger partial charge on any atom is 0.466 e. The van der Waals surface area contributed by atoms with Crippen molar-refractivity contribution in [2.24, 2.45) is 5.73 Å². The molecule has 1 unspecified atom stereocenters. The summed E-state index contributed by atoms with van der Waals surface area (Å²) in [7, 11) is -4.64. The van der Waals surface area contributed by atoms with Gasteiger partial charge >= 0.3 is 7.82 Å². The predicted octanol–water partition coefficient (Wildman–Crippen LogP) is 5.00. The highest BCUT2D eigenvalue weighted by Gasteiger charge is 2.06. The summed E-state index contributed by atoms with van der Waals surface area (Å²) < 4.78 is 14.4. The maximum absolute atomic E-state index is 9.21. The molecule has 0 aromatic heterocycles. The Balaban J connectivity index is 0. The molecule has 0 aliphatic rings. The molecule has 0 amide bonds. The van der Waals surface area contributed by atoms with E-state index >= 15 is 0 Å². The highest BCUT2D eigenvalue weighted by atomic mass is 32.2. The second-order valence-electron chi connectivity index (χ2n) is 8.00. The lowest BCUT2D eigenvalue weighted by Gasteiger charge is -2.14. The Kier molecular flexibility index (Phi) is 28.7. The Hall–Kier alpha value is 0.340. The Morgan fingerprint density at radius 2 is 1.19 bits per heavy atom. The van der Waals surface area contributed by atoms with E-state index in [-0.39, 0.29) is 12.7 Å². The monoisotopic (exact) mass is 487 g/mol. The SMILES string of the molecule is CCCCCCCCCCCCCCCCCSCC(CO)OCCN.O=P(O)(O)O. The van der Waals surface area contributed by atoms with E-state index in [2.05, 4.69) is 6.92 Å². The Bertz CT molecular complexity index is 379. The zero-order valence-electron chi connectivity index (χ0n) is 19.8. The fraction of sp³-hybridized carbons (Fsp3) is 1.00. The van der Waals surface area contributed by atoms with Gasteiger partial charge < -0.3 is 30.3 Å². The fourth-order valence-corrected chi connectivity index (χ4v) is 4.22. The third-order valence-electron chi connectivity index (χ3n) is 4.87. The van der Waals surface area contributed by atoms with E-state index in [1.807, 2.05) is 11.8 Å². The van der Waals surface area contributed by atoms with Gasteiger partial charge in [-0.25, -0.2) is 4.57 Å². The van der Waals surface area contributed by atoms with Gasteiger partial charge in [-0.1, -0.05) is 96.8 Å². The van der Waals surface area contributed by atoms with Crippen LogP contribution in [0.4, 0.5) is 0 Å². The third kappa shape index (κ3) is 37.9. The molecule has 0 saturated heterocycles. The smallest absolute Gasteiger partial charge is 0.394 e. The summed E-state index contributed by atoms with van der Waals surface area (Å²) >= 11 is 1.90. The molecule has 31 heavy (non-hydrogen) atoms. The number of thioether (sulfide) groups is 1. The van der Waals surface area contributed by atoms with Gasteiger partial charge in [0.2, 0.25) is 0 Å². The van der Waals surface area contributed by atoms with Crippen LogP contribution in [0.25, 0.3) is 0 Å². The van der Waals surface area contributed by atoms with Gasteiger partial charge in [0.25, 0.3) is 0 Å². The quantitative estimate of drug-likeness (QED) is 0.106. The lowest BCUT2D eigenvalue weighted by molar-refractivity contribution is 0.0324. The summed E-state index contributed by atoms with van der Waals surface area (Å²) in [5.74, 6) is 2.07. The topological polar surface area (TPSA) is 133 Å². The molecule has 7 nitrogen and oxygen atoms in total. The lowest BCUT2D eigenvalue weighted by Crippen LogP contribution is -2.24. The molecule has 6 N–H and O–H groups in total. The van der Waals surface area contributed by atoms with Gasteiger partial charge in [-0.2, -0.15) is 11.8 Å². The maximum atomic E-state index is 9.21. The largest absolute Gasteiger partial charge is 0.466 e. The lowest BCUT2D eigenvalue weighted by atomic mass is 10.0. The molecule has 1 atom stereocenters. The van der Waals surface area contributed by atoms with Crippen molar-refractivity contribution >= 4 is 19.6 Å². The van der Waals surface area contributed by atoms with Crippen LogP contribution in [0.1, 0.15) is 103 Å². The van der Waals surface area contributed by atoms with Crippen molar-refractivity contribution < 1.29 is 29.1 Å². The van der Waals surface area contributed by atoms with Crippen molar-refractivity contribution in [2.75, 3.05) is 31.3 Å². The minimum atomic E-state index is -4.64. The van der Waals surface area contributed by atoms with Crippen LogP contribution in [-0.2, 0) is 9.30 Å². The van der Waals surface area contributed by atoms with Crippen LogP contribution in [0, 0.1) is 0 Å². The summed E-state index contributed by atoms with van der Waals surface area (Å²) in [6, 6.07) is 0. The van der Waals surface area contributed by atoms with E-state index in [1.54, 1.807) is 0 Å². The molecule has 0 aliphatic heterocycles. The van der Waals surface area contributed by atoms with Gasteiger partial charge in [0.05, 0.1) is 19.3 Å². The summed E-state index contributed by atoms with van der Waals surface area (Å²) in [4.78, 5) is 21.6. The molecule has 0 heterocycles. The molecule has 190 valence electrons. The average Bonchev–Trinajstić information content (AvgIpc) is 2.71. The van der Waals surface area contributed by atoms with E-state index < -0.39 is 7.82 Å². The second-order valence-corrected chi connectivity index (χ2v) is 10.2. The number of unbranched alkanes of at least 4 members (excludes halogenated alkanes) is 14. The molecule has 0 aliphatic carbocycles. The zero-order valence-corrected chi connectivity index (χ0v) is 21.5. The van der Waals surface area contributed by atoms with Crippen LogP contribution >= 0.6 is 19.6 Å². The van der Waals surface area contributed by atoms with E-state index in [0.29, 0.717) is 13.2 Å².